The van der Waals surface area contributed by atoms with Crippen LogP contribution in [0.4, 0.5) is 5.69 Å². The Labute approximate surface area is 115 Å². The first-order valence-electron chi connectivity index (χ1n) is 6.91. The number of hydrogen-bond donors (Lipinski definition) is 1. The predicted molar refractivity (Wildman–Crippen MR) is 80.0 cm³/mol. The Hall–Kier alpha value is -1.90. The lowest BCUT2D eigenvalue weighted by Crippen LogP contribution is -2.11. The van der Waals surface area contributed by atoms with E-state index >= 15 is 0 Å². The average Bonchev–Trinajstić information content (AvgIpc) is 2.47. The van der Waals surface area contributed by atoms with Crippen LogP contribution in [0.2, 0.25) is 0 Å². The van der Waals surface area contributed by atoms with Crippen molar-refractivity contribution in [2.75, 3.05) is 11.9 Å². The summed E-state index contributed by atoms with van der Waals surface area (Å²) >= 11 is 0. The van der Waals surface area contributed by atoms with Gasteiger partial charge in [-0.1, -0.05) is 50.6 Å². The van der Waals surface area contributed by atoms with Crippen LogP contribution in [-0.2, 0) is 0 Å². The van der Waals surface area contributed by atoms with E-state index in [1.807, 2.05) is 42.7 Å². The second-order valence-electron chi connectivity index (χ2n) is 4.94. The molecule has 0 spiro atoms. The van der Waals surface area contributed by atoms with Gasteiger partial charge in [-0.25, -0.2) is 9.97 Å². The molecule has 2 rings (SSSR count). The standard InChI is InChI=1S/C16H21N3/c1-3-7-13(2)10-17-15-11-18-16(19-12-15)14-8-5-4-6-9-14/h4-6,8-9,11-13,17H,3,7,10H2,1-2H3. The van der Waals surface area contributed by atoms with Gasteiger partial charge in [0.1, 0.15) is 0 Å². The molecule has 0 aliphatic carbocycles. The van der Waals surface area contributed by atoms with Gasteiger partial charge in [-0.2, -0.15) is 0 Å². The number of benzene rings is 1. The fourth-order valence-corrected chi connectivity index (χ4v) is 2.04. The molecular weight excluding hydrogens is 234 g/mol. The van der Waals surface area contributed by atoms with Gasteiger partial charge in [0, 0.05) is 12.1 Å². The minimum absolute atomic E-state index is 0.679. The first-order valence-corrected chi connectivity index (χ1v) is 6.91. The molecule has 1 N–H and O–H groups in total. The smallest absolute Gasteiger partial charge is 0.159 e. The third-order valence-electron chi connectivity index (χ3n) is 3.12. The Morgan fingerprint density at radius 1 is 1.11 bits per heavy atom. The SMILES string of the molecule is CCCC(C)CNc1cnc(-c2ccccc2)nc1. The van der Waals surface area contributed by atoms with Gasteiger partial charge in [0.25, 0.3) is 0 Å². The van der Waals surface area contributed by atoms with Gasteiger partial charge in [-0.3, -0.25) is 0 Å². The van der Waals surface area contributed by atoms with Crippen molar-refractivity contribution in [1.82, 2.24) is 9.97 Å². The number of nitrogens with zero attached hydrogens (tertiary/aromatic N) is 2. The molecule has 100 valence electrons. The van der Waals surface area contributed by atoms with E-state index in [-0.39, 0.29) is 0 Å². The summed E-state index contributed by atoms with van der Waals surface area (Å²) in [6.45, 7) is 5.45. The van der Waals surface area contributed by atoms with Gasteiger partial charge in [-0.15, -0.1) is 0 Å². The minimum Gasteiger partial charge on any atom is -0.382 e. The topological polar surface area (TPSA) is 37.8 Å². The first-order chi connectivity index (χ1) is 9.29. The van der Waals surface area contributed by atoms with Crippen LogP contribution in [0.3, 0.4) is 0 Å². The molecule has 0 saturated heterocycles. The van der Waals surface area contributed by atoms with Crippen molar-refractivity contribution >= 4 is 5.69 Å². The maximum atomic E-state index is 4.40. The number of rotatable bonds is 6. The molecule has 0 radical (unpaired) electrons. The third-order valence-corrected chi connectivity index (χ3v) is 3.12. The Balaban J connectivity index is 1.95. The van der Waals surface area contributed by atoms with Crippen LogP contribution >= 0.6 is 0 Å². The van der Waals surface area contributed by atoms with Gasteiger partial charge in [0.2, 0.25) is 0 Å². The van der Waals surface area contributed by atoms with Gasteiger partial charge in [-0.05, 0) is 12.3 Å². The molecule has 3 nitrogen and oxygen atoms in total. The molecule has 0 aliphatic heterocycles. The summed E-state index contributed by atoms with van der Waals surface area (Å²) in [5, 5.41) is 3.38. The highest BCUT2D eigenvalue weighted by atomic mass is 14.9. The molecule has 1 aromatic heterocycles. The maximum Gasteiger partial charge on any atom is 0.159 e. The molecule has 0 aliphatic rings. The lowest BCUT2D eigenvalue weighted by Gasteiger charge is -2.12. The summed E-state index contributed by atoms with van der Waals surface area (Å²) in [6.07, 6.45) is 6.18. The zero-order chi connectivity index (χ0) is 13.5. The zero-order valence-electron chi connectivity index (χ0n) is 11.6. The Morgan fingerprint density at radius 3 is 2.42 bits per heavy atom. The quantitative estimate of drug-likeness (QED) is 0.848. The van der Waals surface area contributed by atoms with Gasteiger partial charge < -0.3 is 5.32 Å². The van der Waals surface area contributed by atoms with Crippen LogP contribution in [-0.4, -0.2) is 16.5 Å². The van der Waals surface area contributed by atoms with Gasteiger partial charge in [0.05, 0.1) is 18.1 Å². The molecular formula is C16H21N3. The molecule has 0 bridgehead atoms. The third kappa shape index (κ3) is 4.05. The van der Waals surface area contributed by atoms with Crippen molar-refractivity contribution in [2.45, 2.75) is 26.7 Å². The van der Waals surface area contributed by atoms with Crippen molar-refractivity contribution in [3.63, 3.8) is 0 Å². The molecule has 1 atom stereocenters. The monoisotopic (exact) mass is 255 g/mol. The van der Waals surface area contributed by atoms with Crippen LogP contribution in [0.25, 0.3) is 11.4 Å². The van der Waals surface area contributed by atoms with E-state index in [2.05, 4.69) is 29.1 Å². The predicted octanol–water partition coefficient (Wildman–Crippen LogP) is 3.99. The summed E-state index contributed by atoms with van der Waals surface area (Å²) in [5.41, 5.74) is 2.04. The molecule has 1 unspecified atom stereocenters. The van der Waals surface area contributed by atoms with Gasteiger partial charge in [0.15, 0.2) is 5.82 Å². The van der Waals surface area contributed by atoms with E-state index in [4.69, 9.17) is 0 Å². The highest BCUT2D eigenvalue weighted by molar-refractivity contribution is 5.55. The summed E-state index contributed by atoms with van der Waals surface area (Å²) in [4.78, 5) is 8.80. The second-order valence-corrected chi connectivity index (χ2v) is 4.94. The summed E-state index contributed by atoms with van der Waals surface area (Å²) in [7, 11) is 0. The van der Waals surface area contributed by atoms with Crippen LogP contribution < -0.4 is 5.32 Å². The molecule has 0 fully saturated rings. The lowest BCUT2D eigenvalue weighted by atomic mass is 10.1. The fourth-order valence-electron chi connectivity index (χ4n) is 2.04. The Morgan fingerprint density at radius 2 is 1.79 bits per heavy atom. The summed E-state index contributed by atoms with van der Waals surface area (Å²) < 4.78 is 0. The van der Waals surface area contributed by atoms with Crippen LogP contribution in [0.1, 0.15) is 26.7 Å². The second kappa shape index (κ2) is 6.88. The van der Waals surface area contributed by atoms with Crippen molar-refractivity contribution in [3.8, 4) is 11.4 Å². The van der Waals surface area contributed by atoms with E-state index in [1.54, 1.807) is 0 Å². The zero-order valence-corrected chi connectivity index (χ0v) is 11.6. The molecule has 1 aromatic carbocycles. The highest BCUT2D eigenvalue weighted by Gasteiger charge is 2.02. The highest BCUT2D eigenvalue weighted by Crippen LogP contribution is 2.15. The first kappa shape index (κ1) is 13.5. The number of anilines is 1. The lowest BCUT2D eigenvalue weighted by molar-refractivity contribution is 0.550. The van der Waals surface area contributed by atoms with Crippen molar-refractivity contribution < 1.29 is 0 Å². The van der Waals surface area contributed by atoms with Gasteiger partial charge >= 0.3 is 0 Å². The Bertz CT molecular complexity index is 479. The average molecular weight is 255 g/mol. The van der Waals surface area contributed by atoms with Crippen LogP contribution in [0.5, 0.6) is 0 Å². The fraction of sp³-hybridized carbons (Fsp3) is 0.375. The van der Waals surface area contributed by atoms with Crippen molar-refractivity contribution in [2.24, 2.45) is 5.92 Å². The Kier molecular flexibility index (Phi) is 4.90. The van der Waals surface area contributed by atoms with E-state index in [9.17, 15) is 0 Å². The molecule has 0 saturated carbocycles. The number of nitrogens with one attached hydrogen (secondary N) is 1. The van der Waals surface area contributed by atoms with E-state index < -0.39 is 0 Å². The van der Waals surface area contributed by atoms with E-state index in [1.165, 1.54) is 12.8 Å². The number of aromatic nitrogens is 2. The van der Waals surface area contributed by atoms with Crippen molar-refractivity contribution in [3.05, 3.63) is 42.7 Å². The molecule has 0 amide bonds. The molecule has 2 aromatic rings. The normalized spacial score (nSPS) is 12.1. The maximum absolute atomic E-state index is 4.40. The molecule has 19 heavy (non-hydrogen) atoms. The number of hydrogen-bond acceptors (Lipinski definition) is 3. The van der Waals surface area contributed by atoms with E-state index in [0.717, 1.165) is 23.6 Å². The van der Waals surface area contributed by atoms with E-state index in [0.29, 0.717) is 5.92 Å². The van der Waals surface area contributed by atoms with Crippen molar-refractivity contribution in [1.29, 1.82) is 0 Å². The summed E-state index contributed by atoms with van der Waals surface area (Å²) in [6, 6.07) is 10.0. The molecule has 1 heterocycles. The van der Waals surface area contributed by atoms with Crippen LogP contribution in [0.15, 0.2) is 42.7 Å². The minimum atomic E-state index is 0.679. The largest absolute Gasteiger partial charge is 0.382 e. The molecule has 3 heteroatoms. The summed E-state index contributed by atoms with van der Waals surface area (Å²) in [5.74, 6) is 1.45. The van der Waals surface area contributed by atoms with Crippen LogP contribution in [0, 0.1) is 5.92 Å².